The Morgan fingerprint density at radius 1 is 0.471 bits per heavy atom. The molecule has 0 unspecified atom stereocenters. The number of nitrogens with zero attached hydrogens (tertiary/aromatic N) is 2. The van der Waals surface area contributed by atoms with E-state index in [9.17, 15) is 0 Å². The number of benzene rings is 5. The molecule has 0 amide bonds. The minimum atomic E-state index is -1.48. The van der Waals surface area contributed by atoms with Crippen LogP contribution in [0.5, 0.6) is 0 Å². The lowest BCUT2D eigenvalue weighted by Gasteiger charge is -2.24. The fraction of sp³-hybridized carbons (Fsp3) is 0.255. The van der Waals surface area contributed by atoms with E-state index >= 15 is 4.32 Å². The van der Waals surface area contributed by atoms with Gasteiger partial charge in [0.15, 0.2) is 0 Å². The van der Waals surface area contributed by atoms with Gasteiger partial charge in [-0.25, -0.2) is 8.80 Å². The lowest BCUT2D eigenvalue weighted by Crippen LogP contribution is -2.40. The smallest absolute Gasteiger partial charge is 0.284 e. The minimum absolute atomic E-state index is 0.0123. The Morgan fingerprint density at radius 2 is 0.882 bits per heavy atom. The van der Waals surface area contributed by atoms with Crippen LogP contribution in [0.2, 0.25) is 0 Å². The van der Waals surface area contributed by atoms with Gasteiger partial charge in [0.2, 0.25) is 11.4 Å². The van der Waals surface area contributed by atoms with Crippen LogP contribution in [0.1, 0.15) is 107 Å². The Bertz CT molecular complexity index is 2390. The summed E-state index contributed by atoms with van der Waals surface area (Å²) in [5.41, 5.74) is 13.7. The van der Waals surface area contributed by atoms with Crippen LogP contribution in [0.3, 0.4) is 0 Å². The first-order valence-corrected chi connectivity index (χ1v) is 18.2. The average Bonchev–Trinajstić information content (AvgIpc) is 3.62. The van der Waals surface area contributed by atoms with Gasteiger partial charge in [0.05, 0.1) is 28.1 Å². The molecule has 0 radical (unpaired) electrons. The molecule has 0 N–H and O–H groups in total. The van der Waals surface area contributed by atoms with Gasteiger partial charge in [0.1, 0.15) is 0 Å². The van der Waals surface area contributed by atoms with Gasteiger partial charge in [-0.05, 0) is 68.3 Å². The summed E-state index contributed by atoms with van der Waals surface area (Å²) in [6, 6.07) is 43.4. The molecule has 254 valence electrons. The molecular formula is C47H47BFN2+. The van der Waals surface area contributed by atoms with Crippen molar-refractivity contribution in [3.63, 3.8) is 0 Å². The summed E-state index contributed by atoms with van der Waals surface area (Å²) in [6.07, 6.45) is 0. The number of aromatic nitrogens is 1. The maximum atomic E-state index is 18.3. The van der Waals surface area contributed by atoms with E-state index in [-0.39, 0.29) is 16.2 Å². The van der Waals surface area contributed by atoms with Gasteiger partial charge in [-0.2, -0.15) is 0 Å². The summed E-state index contributed by atoms with van der Waals surface area (Å²) >= 11 is 0. The van der Waals surface area contributed by atoms with E-state index in [1.807, 2.05) is 8.96 Å². The molecule has 0 atom stereocenters. The standard InChI is InChI=1S/C47H47BFN2/c1-45(2,3)33-24-18-30(19-25-33)40-43-38-16-12-10-14-36(38)41(31-20-26-34(27-21-31)46(4,5)6)50(43)48(49)51-42(37-15-11-13-17-39(37)44(40)51)32-22-28-35(29-23-32)47(7,8)9/h10-29H,1-9H3/q+1. The van der Waals surface area contributed by atoms with Crippen LogP contribution in [0, 0.1) is 0 Å². The highest BCUT2D eigenvalue weighted by Crippen LogP contribution is 2.49. The van der Waals surface area contributed by atoms with Crippen molar-refractivity contribution in [1.29, 1.82) is 0 Å². The predicted molar refractivity (Wildman–Crippen MR) is 214 cm³/mol. The second kappa shape index (κ2) is 11.5. The molecule has 51 heavy (non-hydrogen) atoms. The topological polar surface area (TPSA) is 7.94 Å². The van der Waals surface area contributed by atoms with Gasteiger partial charge in [0.25, 0.3) is 0 Å². The average molecular weight is 670 g/mol. The summed E-state index contributed by atoms with van der Waals surface area (Å²) in [4.78, 5) is 0. The van der Waals surface area contributed by atoms with Crippen molar-refractivity contribution in [1.82, 2.24) is 4.48 Å². The van der Waals surface area contributed by atoms with Crippen molar-refractivity contribution in [2.75, 3.05) is 0 Å². The highest BCUT2D eigenvalue weighted by molar-refractivity contribution is 6.48. The molecule has 0 saturated carbocycles. The molecule has 5 aromatic carbocycles. The van der Waals surface area contributed by atoms with Crippen LogP contribution in [0.4, 0.5) is 4.32 Å². The molecule has 0 spiro atoms. The van der Waals surface area contributed by atoms with Crippen LogP contribution in [-0.2, 0) is 16.2 Å². The van der Waals surface area contributed by atoms with E-state index in [1.54, 1.807) is 0 Å². The van der Waals surface area contributed by atoms with Gasteiger partial charge in [-0.3, -0.25) is 4.48 Å². The monoisotopic (exact) mass is 669 g/mol. The van der Waals surface area contributed by atoms with Crippen LogP contribution in [0.25, 0.3) is 33.3 Å². The van der Waals surface area contributed by atoms with Gasteiger partial charge in [-0.1, -0.05) is 159 Å². The zero-order valence-corrected chi connectivity index (χ0v) is 31.4. The number of rotatable bonds is 3. The first-order chi connectivity index (χ1) is 24.1. The van der Waals surface area contributed by atoms with E-state index in [0.29, 0.717) is 0 Å². The second-order valence-corrected chi connectivity index (χ2v) is 17.4. The molecule has 2 aliphatic rings. The van der Waals surface area contributed by atoms with E-state index in [1.165, 1.54) is 16.7 Å². The highest BCUT2D eigenvalue weighted by atomic mass is 19.1. The summed E-state index contributed by atoms with van der Waals surface area (Å²) in [6.45, 7) is 20.1. The number of fused-ring (bicyclic) bond motifs is 6. The Morgan fingerprint density at radius 3 is 1.37 bits per heavy atom. The molecule has 2 aliphatic heterocycles. The molecule has 0 saturated heterocycles. The highest BCUT2D eigenvalue weighted by Gasteiger charge is 2.55. The van der Waals surface area contributed by atoms with Crippen LogP contribution >= 0.6 is 0 Å². The van der Waals surface area contributed by atoms with Crippen molar-refractivity contribution in [2.24, 2.45) is 0 Å². The molecule has 6 aromatic rings. The maximum Gasteiger partial charge on any atom is 0.847 e. The zero-order valence-electron chi connectivity index (χ0n) is 31.4. The quantitative estimate of drug-likeness (QED) is 0.166. The molecule has 0 bridgehead atoms. The van der Waals surface area contributed by atoms with Crippen LogP contribution in [0.15, 0.2) is 121 Å². The third kappa shape index (κ3) is 5.34. The summed E-state index contributed by atoms with van der Waals surface area (Å²) in [5.74, 6) is 0. The van der Waals surface area contributed by atoms with Crippen molar-refractivity contribution in [3.05, 3.63) is 166 Å². The van der Waals surface area contributed by atoms with Gasteiger partial charge >= 0.3 is 7.26 Å². The Balaban J connectivity index is 1.49. The van der Waals surface area contributed by atoms with Crippen molar-refractivity contribution in [3.8, 4) is 11.3 Å². The van der Waals surface area contributed by atoms with Crippen molar-refractivity contribution < 1.29 is 8.80 Å². The summed E-state index contributed by atoms with van der Waals surface area (Å²) in [7, 11) is -1.48. The third-order valence-electron chi connectivity index (χ3n) is 10.8. The summed E-state index contributed by atoms with van der Waals surface area (Å²) in [5, 5.41) is 2.10. The minimum Gasteiger partial charge on any atom is -0.284 e. The number of hydrogen-bond donors (Lipinski definition) is 0. The molecule has 4 heteroatoms. The largest absolute Gasteiger partial charge is 0.847 e. The third-order valence-corrected chi connectivity index (χ3v) is 10.8. The lowest BCUT2D eigenvalue weighted by atomic mass is 9.83. The van der Waals surface area contributed by atoms with Gasteiger partial charge < -0.3 is 0 Å². The molecule has 0 fully saturated rings. The fourth-order valence-electron chi connectivity index (χ4n) is 7.95. The predicted octanol–water partition coefficient (Wildman–Crippen LogP) is 11.8. The van der Waals surface area contributed by atoms with E-state index in [4.69, 9.17) is 0 Å². The molecule has 1 aromatic heterocycles. The summed E-state index contributed by atoms with van der Waals surface area (Å²) < 4.78 is 22.2. The lowest BCUT2D eigenvalue weighted by molar-refractivity contribution is -0.288. The van der Waals surface area contributed by atoms with Gasteiger partial charge in [0, 0.05) is 16.3 Å². The van der Waals surface area contributed by atoms with E-state index in [2.05, 4.69) is 184 Å². The fourth-order valence-corrected chi connectivity index (χ4v) is 7.95. The van der Waals surface area contributed by atoms with Crippen LogP contribution in [-0.4, -0.2) is 21.9 Å². The molecular weight excluding hydrogens is 622 g/mol. The number of halogens is 1. The Labute approximate surface area is 303 Å². The maximum absolute atomic E-state index is 18.3. The molecule has 3 heterocycles. The number of hydrogen-bond acceptors (Lipinski definition) is 0. The zero-order chi connectivity index (χ0) is 36.0. The van der Waals surface area contributed by atoms with Crippen molar-refractivity contribution in [2.45, 2.75) is 78.6 Å². The normalized spacial score (nSPS) is 14.7. The first kappa shape index (κ1) is 33.2. The Hall–Kier alpha value is -4.96. The van der Waals surface area contributed by atoms with E-state index < -0.39 is 7.26 Å². The van der Waals surface area contributed by atoms with Crippen molar-refractivity contribution >= 4 is 35.0 Å². The SMILES string of the molecule is CC(C)(C)c1ccc(C2=C3c4ccccc4C(c4ccc(C(C)(C)C)cc4)=[N+]3B(F)n3c2c2ccccc2c3-c2ccc(C(C)(C)C)cc2)cc1. The molecule has 0 aliphatic carbocycles. The second-order valence-electron chi connectivity index (χ2n) is 17.4. The molecule has 2 nitrogen and oxygen atoms in total. The van der Waals surface area contributed by atoms with Gasteiger partial charge in [-0.15, -0.1) is 0 Å². The van der Waals surface area contributed by atoms with Crippen LogP contribution < -0.4 is 0 Å². The first-order valence-electron chi connectivity index (χ1n) is 18.2. The Kier molecular flexibility index (Phi) is 7.51. The van der Waals surface area contributed by atoms with E-state index in [0.717, 1.165) is 67.0 Å². The molecule has 8 rings (SSSR count).